The fraction of sp³-hybridized carbons (Fsp3) is 0.833. The van der Waals surface area contributed by atoms with E-state index in [0.29, 0.717) is 19.3 Å². The molecule has 0 heterocycles. The number of carbonyl (C=O) groups excluding carboxylic acids is 2. The minimum atomic E-state index is -1.29. The molecule has 0 radical (unpaired) electrons. The Bertz CT molecular complexity index is 371. The number of Topliss-reactive ketones (excluding diaryl/α,β-unsaturated/α-hetero) is 1. The molecule has 0 spiro atoms. The zero-order valence-corrected chi connectivity index (χ0v) is 11.0. The summed E-state index contributed by atoms with van der Waals surface area (Å²) in [6.45, 7) is 4.76. The number of rotatable bonds is 4. The van der Waals surface area contributed by atoms with Crippen LogP contribution in [0, 0.1) is 15.5 Å². The van der Waals surface area contributed by atoms with Crippen molar-refractivity contribution in [1.29, 1.82) is 0 Å². The lowest BCUT2D eigenvalue weighted by atomic mass is 9.81. The highest BCUT2D eigenvalue weighted by Crippen LogP contribution is 2.40. The Balaban J connectivity index is 2.88. The molecule has 1 atom stereocenters. The van der Waals surface area contributed by atoms with Gasteiger partial charge in [-0.25, -0.2) is 0 Å². The van der Waals surface area contributed by atoms with E-state index in [1.165, 1.54) is 0 Å². The smallest absolute Gasteiger partial charge is 0.320 e. The van der Waals surface area contributed by atoms with Gasteiger partial charge in [0, 0.05) is 17.8 Å². The minimum Gasteiger partial charge on any atom is -0.459 e. The number of hydrogen-bond donors (Lipinski definition) is 0. The van der Waals surface area contributed by atoms with E-state index in [9.17, 15) is 19.7 Å². The summed E-state index contributed by atoms with van der Waals surface area (Å²) in [7, 11) is 0. The van der Waals surface area contributed by atoms with Crippen molar-refractivity contribution in [2.75, 3.05) is 6.54 Å². The molecule has 0 saturated heterocycles. The van der Waals surface area contributed by atoms with Crippen LogP contribution in [0.4, 0.5) is 0 Å². The van der Waals surface area contributed by atoms with Crippen molar-refractivity contribution >= 4 is 11.8 Å². The van der Waals surface area contributed by atoms with Crippen molar-refractivity contribution in [2.45, 2.75) is 52.1 Å². The summed E-state index contributed by atoms with van der Waals surface area (Å²) in [5.41, 5.74) is -1.98. The van der Waals surface area contributed by atoms with Crippen LogP contribution in [0.15, 0.2) is 0 Å². The van der Waals surface area contributed by atoms with Gasteiger partial charge >= 0.3 is 5.97 Å². The molecule has 1 fully saturated rings. The lowest BCUT2D eigenvalue weighted by Gasteiger charge is -2.28. The second kappa shape index (κ2) is 5.04. The summed E-state index contributed by atoms with van der Waals surface area (Å²) >= 11 is 0. The van der Waals surface area contributed by atoms with Gasteiger partial charge in [0.05, 0.1) is 0 Å². The average molecular weight is 257 g/mol. The third-order valence-electron chi connectivity index (χ3n) is 3.05. The SMILES string of the molecule is CC(C)(C)OC(=O)[C@]1(CC[N+](=O)[O-])CCCC1=O. The summed E-state index contributed by atoms with van der Waals surface area (Å²) in [6, 6.07) is 0. The zero-order valence-electron chi connectivity index (χ0n) is 11.0. The van der Waals surface area contributed by atoms with Gasteiger partial charge in [0.15, 0.2) is 0 Å². The zero-order chi connectivity index (χ0) is 14.0. The maximum absolute atomic E-state index is 12.1. The van der Waals surface area contributed by atoms with Crippen molar-refractivity contribution in [1.82, 2.24) is 0 Å². The van der Waals surface area contributed by atoms with E-state index in [0.717, 1.165) is 0 Å². The normalized spacial score (nSPS) is 24.1. The van der Waals surface area contributed by atoms with Crippen molar-refractivity contribution in [3.63, 3.8) is 0 Å². The molecule has 18 heavy (non-hydrogen) atoms. The Kier molecular flexibility index (Phi) is 4.09. The van der Waals surface area contributed by atoms with Crippen LogP contribution in [0.2, 0.25) is 0 Å². The van der Waals surface area contributed by atoms with Gasteiger partial charge < -0.3 is 4.74 Å². The first-order chi connectivity index (χ1) is 8.17. The molecule has 0 aromatic carbocycles. The van der Waals surface area contributed by atoms with Crippen LogP contribution in [0.5, 0.6) is 0 Å². The van der Waals surface area contributed by atoms with E-state index in [4.69, 9.17) is 4.74 Å². The largest absolute Gasteiger partial charge is 0.459 e. The van der Waals surface area contributed by atoms with Crippen LogP contribution >= 0.6 is 0 Å². The predicted octanol–water partition coefficient (Wildman–Crippen LogP) is 1.73. The summed E-state index contributed by atoms with van der Waals surface area (Å²) in [6.07, 6.45) is 1.19. The Labute approximate surface area is 106 Å². The monoisotopic (exact) mass is 257 g/mol. The van der Waals surface area contributed by atoms with Crippen LogP contribution in [0.1, 0.15) is 46.5 Å². The number of nitrogens with zero attached hydrogens (tertiary/aromatic N) is 1. The van der Waals surface area contributed by atoms with E-state index in [1.807, 2.05) is 0 Å². The Morgan fingerprint density at radius 1 is 1.50 bits per heavy atom. The highest BCUT2D eigenvalue weighted by atomic mass is 16.6. The molecular formula is C12H19NO5. The molecule has 0 amide bonds. The number of hydrogen-bond acceptors (Lipinski definition) is 5. The molecular weight excluding hydrogens is 238 g/mol. The van der Waals surface area contributed by atoms with Crippen molar-refractivity contribution in [3.05, 3.63) is 10.1 Å². The van der Waals surface area contributed by atoms with E-state index in [2.05, 4.69) is 0 Å². The summed E-state index contributed by atoms with van der Waals surface area (Å²) < 4.78 is 5.25. The maximum atomic E-state index is 12.1. The van der Waals surface area contributed by atoms with E-state index < -0.39 is 21.9 Å². The Hall–Kier alpha value is -1.46. The van der Waals surface area contributed by atoms with Crippen molar-refractivity contribution < 1.29 is 19.2 Å². The molecule has 0 aromatic rings. The molecule has 0 aliphatic heterocycles. The quantitative estimate of drug-likeness (QED) is 0.331. The molecule has 1 rings (SSSR count). The second-order valence-electron chi connectivity index (χ2n) is 5.67. The number of ketones is 1. The average Bonchev–Trinajstić information content (AvgIpc) is 2.55. The molecule has 0 unspecified atom stereocenters. The molecule has 0 aromatic heterocycles. The standard InChI is InChI=1S/C12H19NO5/c1-11(2,3)18-10(15)12(7-8-13(16)17)6-4-5-9(12)14/h4-8H2,1-3H3/t12-/m0/s1. The number of nitro groups is 1. The summed E-state index contributed by atoms with van der Waals surface area (Å²) in [4.78, 5) is 34.0. The Morgan fingerprint density at radius 2 is 2.11 bits per heavy atom. The molecule has 1 aliphatic rings. The van der Waals surface area contributed by atoms with Gasteiger partial charge in [-0.2, -0.15) is 0 Å². The van der Waals surface area contributed by atoms with Gasteiger partial charge in [-0.05, 0) is 33.6 Å². The van der Waals surface area contributed by atoms with Gasteiger partial charge in [-0.1, -0.05) is 0 Å². The highest BCUT2D eigenvalue weighted by Gasteiger charge is 2.51. The van der Waals surface area contributed by atoms with Gasteiger partial charge in [-0.15, -0.1) is 0 Å². The molecule has 1 saturated carbocycles. The third-order valence-corrected chi connectivity index (χ3v) is 3.05. The van der Waals surface area contributed by atoms with Crippen molar-refractivity contribution in [3.8, 4) is 0 Å². The van der Waals surface area contributed by atoms with Gasteiger partial charge in [-0.3, -0.25) is 19.7 Å². The minimum absolute atomic E-state index is 0.0618. The van der Waals surface area contributed by atoms with Crippen LogP contribution < -0.4 is 0 Å². The summed E-state index contributed by atoms with van der Waals surface area (Å²) in [5.74, 6) is -0.835. The van der Waals surface area contributed by atoms with Crippen LogP contribution in [0.3, 0.4) is 0 Å². The fourth-order valence-corrected chi connectivity index (χ4v) is 2.17. The van der Waals surface area contributed by atoms with Crippen LogP contribution in [-0.2, 0) is 14.3 Å². The molecule has 102 valence electrons. The third kappa shape index (κ3) is 3.27. The first-order valence-corrected chi connectivity index (χ1v) is 6.06. The van der Waals surface area contributed by atoms with Crippen molar-refractivity contribution in [2.24, 2.45) is 5.41 Å². The summed E-state index contributed by atoms with van der Waals surface area (Å²) in [5, 5.41) is 10.5. The fourth-order valence-electron chi connectivity index (χ4n) is 2.17. The molecule has 0 bridgehead atoms. The number of ether oxygens (including phenoxy) is 1. The van der Waals surface area contributed by atoms with E-state index in [1.54, 1.807) is 20.8 Å². The molecule has 6 heteroatoms. The van der Waals surface area contributed by atoms with Crippen LogP contribution in [-0.4, -0.2) is 28.8 Å². The molecule has 6 nitrogen and oxygen atoms in total. The highest BCUT2D eigenvalue weighted by molar-refractivity contribution is 6.05. The number of carbonyl (C=O) groups is 2. The Morgan fingerprint density at radius 3 is 2.50 bits per heavy atom. The lowest BCUT2D eigenvalue weighted by Crippen LogP contribution is -2.42. The van der Waals surface area contributed by atoms with Gasteiger partial charge in [0.1, 0.15) is 16.8 Å². The second-order valence-corrected chi connectivity index (χ2v) is 5.67. The lowest BCUT2D eigenvalue weighted by molar-refractivity contribution is -0.482. The predicted molar refractivity (Wildman–Crippen MR) is 63.6 cm³/mol. The van der Waals surface area contributed by atoms with Gasteiger partial charge in [0.2, 0.25) is 6.54 Å². The maximum Gasteiger partial charge on any atom is 0.320 e. The topological polar surface area (TPSA) is 86.5 Å². The molecule has 0 N–H and O–H groups in total. The number of esters is 1. The van der Waals surface area contributed by atoms with E-state index >= 15 is 0 Å². The van der Waals surface area contributed by atoms with E-state index in [-0.39, 0.29) is 18.7 Å². The molecule has 1 aliphatic carbocycles. The first kappa shape index (κ1) is 14.6. The first-order valence-electron chi connectivity index (χ1n) is 6.06. The van der Waals surface area contributed by atoms with Gasteiger partial charge in [0.25, 0.3) is 0 Å². The van der Waals surface area contributed by atoms with Crippen LogP contribution in [0.25, 0.3) is 0 Å².